The van der Waals surface area contributed by atoms with Crippen LogP contribution in [0.1, 0.15) is 6.92 Å². The highest BCUT2D eigenvalue weighted by Gasteiger charge is 2.37. The molecule has 2 heterocycles. The number of rotatable bonds is 2. The van der Waals surface area contributed by atoms with Crippen LogP contribution in [0.4, 0.5) is 0 Å². The molecule has 1 atom stereocenters. The maximum absolute atomic E-state index is 11.7. The fraction of sp³-hybridized carbons (Fsp3) is 0.556. The molecule has 1 unspecified atom stereocenters. The van der Waals surface area contributed by atoms with Crippen LogP contribution in [0.5, 0.6) is 0 Å². The van der Waals surface area contributed by atoms with E-state index in [4.69, 9.17) is 23.4 Å². The lowest BCUT2D eigenvalue weighted by atomic mass is 10.3. The number of carbonyl (C=O) groups is 1. The minimum atomic E-state index is -4.94. The molecule has 0 amide bonds. The van der Waals surface area contributed by atoms with E-state index in [1.807, 2.05) is 17.7 Å². The second-order valence-electron chi connectivity index (χ2n) is 3.39. The Balaban J connectivity index is 0.000000347. The van der Waals surface area contributed by atoms with Gasteiger partial charge in [-0.2, -0.15) is 4.58 Å². The summed E-state index contributed by atoms with van der Waals surface area (Å²) in [5, 5.41) is 4.09. The summed E-state index contributed by atoms with van der Waals surface area (Å²) in [5.74, 6) is 1.63. The number of hydrogen-bond acceptors (Lipinski definition) is 9. The second-order valence-corrected chi connectivity index (χ2v) is 7.19. The van der Waals surface area contributed by atoms with Gasteiger partial charge in [0, 0.05) is 10.8 Å². The van der Waals surface area contributed by atoms with Gasteiger partial charge in [-0.15, -0.1) is 10.2 Å². The molecule has 1 aromatic rings. The molecule has 0 N–H and O–H groups in total. The molecular weight excluding hydrogens is 350 g/mol. The Hall–Kier alpha value is -0.200. The topological polar surface area (TPSA) is 122 Å². The molecule has 1 fully saturated rings. The van der Waals surface area contributed by atoms with E-state index in [0.29, 0.717) is 6.61 Å². The third-order valence-electron chi connectivity index (χ3n) is 2.07. The van der Waals surface area contributed by atoms with Crippen LogP contribution in [-0.4, -0.2) is 30.2 Å². The standard InChI is InChI=1S/C9H12NO2S3.ClHO4/c1-2-12-8(11)7-5-13-6-10(7)9-14-3-4-15-9;2-1(3,4)5/h3-4,7H,2,5-6H2,1H3;(H,2,3,4,5)/q+1;/p-1. The highest BCUT2D eigenvalue weighted by atomic mass is 35.7. The molecule has 0 bridgehead atoms. The first-order valence-electron chi connectivity index (χ1n) is 5.31. The molecule has 1 aliphatic heterocycles. The van der Waals surface area contributed by atoms with Crippen molar-refractivity contribution in [2.45, 2.75) is 13.0 Å². The SMILES string of the molecule is CCOC(=O)C1CSC[N+]1=c1sccs1.[O-][Cl+3]([O-])([O-])[O-]. The molecule has 1 aromatic heterocycles. The second kappa shape index (κ2) is 8.29. The Morgan fingerprint density at radius 2 is 1.95 bits per heavy atom. The van der Waals surface area contributed by atoms with Crippen molar-refractivity contribution < 1.29 is 38.4 Å². The zero-order valence-electron chi connectivity index (χ0n) is 10.4. The van der Waals surface area contributed by atoms with Gasteiger partial charge >= 0.3 is 9.95 Å². The van der Waals surface area contributed by atoms with E-state index in [-0.39, 0.29) is 12.0 Å². The van der Waals surface area contributed by atoms with Gasteiger partial charge in [0.1, 0.15) is 0 Å². The van der Waals surface area contributed by atoms with Crippen molar-refractivity contribution in [1.82, 2.24) is 4.58 Å². The number of thioether (sulfide) groups is 1. The maximum atomic E-state index is 11.7. The van der Waals surface area contributed by atoms with Crippen LogP contribution in [0, 0.1) is 10.2 Å². The average Bonchev–Trinajstić information content (AvgIpc) is 2.98. The van der Waals surface area contributed by atoms with Gasteiger partial charge in [0.2, 0.25) is 0 Å². The smallest absolute Gasteiger partial charge is 0.376 e. The van der Waals surface area contributed by atoms with Crippen LogP contribution >= 0.6 is 34.4 Å². The molecule has 20 heavy (non-hydrogen) atoms. The zero-order chi connectivity index (χ0) is 15.2. The third-order valence-corrected chi connectivity index (χ3v) is 5.25. The molecule has 0 saturated carbocycles. The summed E-state index contributed by atoms with van der Waals surface area (Å²) in [4.78, 5) is 11.7. The normalized spacial score (nSPS) is 18.4. The molecule has 1 saturated heterocycles. The third kappa shape index (κ3) is 6.50. The lowest BCUT2D eigenvalue weighted by molar-refractivity contribution is -2.00. The summed E-state index contributed by atoms with van der Waals surface area (Å²) >= 11 is 5.15. The largest absolute Gasteiger partial charge is 0.461 e. The van der Waals surface area contributed by atoms with Crippen molar-refractivity contribution in [2.75, 3.05) is 18.2 Å². The molecule has 114 valence electrons. The summed E-state index contributed by atoms with van der Waals surface area (Å²) in [5.41, 5.74) is 0. The lowest BCUT2D eigenvalue weighted by Gasteiger charge is -2.17. The van der Waals surface area contributed by atoms with Crippen LogP contribution in [0.3, 0.4) is 0 Å². The summed E-state index contributed by atoms with van der Waals surface area (Å²) in [6, 6.07) is -0.0927. The minimum absolute atomic E-state index is 0.0927. The lowest BCUT2D eigenvalue weighted by Crippen LogP contribution is -2.68. The number of hydrogen-bond donors (Lipinski definition) is 0. The van der Waals surface area contributed by atoms with Gasteiger partial charge in [0.05, 0.1) is 12.4 Å². The summed E-state index contributed by atoms with van der Waals surface area (Å²) < 4.78 is 42.4. The Kier molecular flexibility index (Phi) is 7.40. The Morgan fingerprint density at radius 1 is 1.40 bits per heavy atom. The molecule has 0 spiro atoms. The van der Waals surface area contributed by atoms with E-state index in [1.54, 1.807) is 34.4 Å². The number of carbonyl (C=O) groups excluding carboxylic acids is 1. The highest BCUT2D eigenvalue weighted by Crippen LogP contribution is 2.15. The van der Waals surface area contributed by atoms with E-state index in [9.17, 15) is 4.79 Å². The Morgan fingerprint density at radius 3 is 2.45 bits per heavy atom. The van der Waals surface area contributed by atoms with Gasteiger partial charge in [-0.1, -0.05) is 34.4 Å². The Bertz CT molecular complexity index is 474. The van der Waals surface area contributed by atoms with Crippen molar-refractivity contribution in [3.63, 3.8) is 0 Å². The van der Waals surface area contributed by atoms with Gasteiger partial charge in [-0.3, -0.25) is 0 Å². The van der Waals surface area contributed by atoms with Gasteiger partial charge < -0.3 is 4.74 Å². The van der Waals surface area contributed by atoms with Gasteiger partial charge in [-0.25, -0.2) is 23.4 Å². The summed E-state index contributed by atoms with van der Waals surface area (Å²) in [6.07, 6.45) is 0. The van der Waals surface area contributed by atoms with Crippen molar-refractivity contribution >= 4 is 40.4 Å². The molecule has 1 aliphatic rings. The van der Waals surface area contributed by atoms with E-state index in [2.05, 4.69) is 4.58 Å². The van der Waals surface area contributed by atoms with Crippen molar-refractivity contribution in [3.8, 4) is 0 Å². The molecule has 0 radical (unpaired) electrons. The van der Waals surface area contributed by atoms with E-state index >= 15 is 0 Å². The summed E-state index contributed by atoms with van der Waals surface area (Å²) in [6.45, 7) is 2.31. The first-order valence-corrected chi connectivity index (χ1v) is 9.45. The summed E-state index contributed by atoms with van der Waals surface area (Å²) in [7, 11) is -4.94. The zero-order valence-corrected chi connectivity index (χ0v) is 13.6. The minimum Gasteiger partial charge on any atom is -0.461 e. The van der Waals surface area contributed by atoms with E-state index in [1.165, 1.54) is 3.98 Å². The quantitative estimate of drug-likeness (QED) is 0.395. The first kappa shape index (κ1) is 17.9. The fourth-order valence-electron chi connectivity index (χ4n) is 1.39. The average molecular weight is 362 g/mol. The van der Waals surface area contributed by atoms with Gasteiger partial charge in [-0.05, 0) is 6.92 Å². The Labute approximate surface area is 129 Å². The van der Waals surface area contributed by atoms with Crippen LogP contribution in [-0.2, 0) is 9.53 Å². The molecule has 7 nitrogen and oxygen atoms in total. The van der Waals surface area contributed by atoms with Crippen molar-refractivity contribution in [1.29, 1.82) is 0 Å². The maximum Gasteiger partial charge on any atom is 0.376 e. The molecule has 0 aliphatic carbocycles. The molecule has 2 rings (SSSR count). The number of nitrogens with zero attached hydrogens (tertiary/aromatic N) is 1. The van der Waals surface area contributed by atoms with Crippen molar-refractivity contribution in [2.24, 2.45) is 0 Å². The highest BCUT2D eigenvalue weighted by molar-refractivity contribution is 7.99. The number of esters is 1. The van der Waals surface area contributed by atoms with E-state index < -0.39 is 10.2 Å². The van der Waals surface area contributed by atoms with Crippen molar-refractivity contribution in [3.05, 3.63) is 14.7 Å². The number of halogens is 1. The molecular formula is C9H12ClNO6S3. The van der Waals surface area contributed by atoms with Crippen LogP contribution in [0.2, 0.25) is 0 Å². The first-order chi connectivity index (χ1) is 9.33. The van der Waals surface area contributed by atoms with Crippen LogP contribution < -0.4 is 27.2 Å². The predicted octanol–water partition coefficient (Wildman–Crippen LogP) is -3.54. The van der Waals surface area contributed by atoms with Gasteiger partial charge in [0.15, 0.2) is 5.88 Å². The van der Waals surface area contributed by atoms with Gasteiger partial charge in [0.25, 0.3) is 6.04 Å². The van der Waals surface area contributed by atoms with Crippen LogP contribution in [0.25, 0.3) is 0 Å². The molecule has 0 aromatic carbocycles. The molecule has 11 heteroatoms. The monoisotopic (exact) mass is 361 g/mol. The predicted molar refractivity (Wildman–Crippen MR) is 65.2 cm³/mol. The van der Waals surface area contributed by atoms with Crippen LogP contribution in [0.15, 0.2) is 10.8 Å². The van der Waals surface area contributed by atoms with E-state index in [0.717, 1.165) is 11.6 Å². The fourth-order valence-corrected chi connectivity index (χ4v) is 4.59. The number of ether oxygens (including phenoxy) is 1.